The molecule has 6 heteroatoms. The van der Waals surface area contributed by atoms with E-state index < -0.39 is 5.82 Å². The van der Waals surface area contributed by atoms with Crippen LogP contribution in [0, 0.1) is 17.1 Å². The lowest BCUT2D eigenvalue weighted by Crippen LogP contribution is -2.26. The molecule has 5 nitrogen and oxygen atoms in total. The van der Waals surface area contributed by atoms with Gasteiger partial charge in [-0.1, -0.05) is 0 Å². The van der Waals surface area contributed by atoms with E-state index in [4.69, 9.17) is 5.26 Å². The first kappa shape index (κ1) is 15.0. The van der Waals surface area contributed by atoms with E-state index in [0.717, 1.165) is 5.56 Å². The van der Waals surface area contributed by atoms with Gasteiger partial charge in [-0.2, -0.15) is 10.4 Å². The number of hydrogen-bond donors (Lipinski definition) is 1. The van der Waals surface area contributed by atoms with E-state index in [9.17, 15) is 4.39 Å². The molecule has 2 rings (SSSR count). The van der Waals surface area contributed by atoms with Gasteiger partial charge in [-0.05, 0) is 32.3 Å². The van der Waals surface area contributed by atoms with Crippen molar-refractivity contribution >= 4 is 5.69 Å². The van der Waals surface area contributed by atoms with E-state index in [-0.39, 0.29) is 6.04 Å². The molecule has 1 N–H and O–H groups in total. The molecule has 0 spiro atoms. The van der Waals surface area contributed by atoms with E-state index >= 15 is 0 Å². The molecule has 0 aliphatic rings. The van der Waals surface area contributed by atoms with Gasteiger partial charge in [0.05, 0.1) is 29.6 Å². The summed E-state index contributed by atoms with van der Waals surface area (Å²) in [5.41, 5.74) is 1.77. The second kappa shape index (κ2) is 6.37. The van der Waals surface area contributed by atoms with Crippen LogP contribution in [0.4, 0.5) is 10.1 Å². The number of nitrogens with zero attached hydrogens (tertiary/aromatic N) is 4. The molecule has 0 saturated carbocycles. The Morgan fingerprint density at radius 3 is 2.76 bits per heavy atom. The number of likely N-dealkylation sites (N-methyl/N-ethyl adjacent to an activating group) is 1. The highest BCUT2D eigenvalue weighted by molar-refractivity contribution is 5.49. The van der Waals surface area contributed by atoms with E-state index in [1.54, 1.807) is 16.8 Å². The molecule has 21 heavy (non-hydrogen) atoms. The highest BCUT2D eigenvalue weighted by Crippen LogP contribution is 2.20. The molecule has 0 radical (unpaired) electrons. The summed E-state index contributed by atoms with van der Waals surface area (Å²) in [6.07, 6.45) is 3.75. The van der Waals surface area contributed by atoms with Crippen molar-refractivity contribution in [1.29, 1.82) is 5.26 Å². The summed E-state index contributed by atoms with van der Waals surface area (Å²) >= 11 is 0. The molecule has 1 unspecified atom stereocenters. The number of nitrogens with one attached hydrogen (secondary N) is 1. The van der Waals surface area contributed by atoms with Crippen molar-refractivity contribution in [2.24, 2.45) is 7.05 Å². The summed E-state index contributed by atoms with van der Waals surface area (Å²) in [5, 5.41) is 16.0. The first-order chi connectivity index (χ1) is 10.0. The standard InChI is InChI=1S/C15H18FN5/c1-20(2)15(12-8-19-21(3)10-12)9-18-14-5-4-11(7-17)6-13(14)16/h4-6,8,10,15,18H,9H2,1-3H3. The van der Waals surface area contributed by atoms with Crippen molar-refractivity contribution in [1.82, 2.24) is 14.7 Å². The maximum absolute atomic E-state index is 13.9. The third kappa shape index (κ3) is 3.58. The highest BCUT2D eigenvalue weighted by Gasteiger charge is 2.16. The molecule has 0 saturated heterocycles. The van der Waals surface area contributed by atoms with Crippen molar-refractivity contribution in [2.45, 2.75) is 6.04 Å². The molecular weight excluding hydrogens is 269 g/mol. The summed E-state index contributed by atoms with van der Waals surface area (Å²) < 4.78 is 15.6. The number of hydrogen-bond acceptors (Lipinski definition) is 4. The van der Waals surface area contributed by atoms with Crippen LogP contribution in [0.25, 0.3) is 0 Å². The van der Waals surface area contributed by atoms with Crippen molar-refractivity contribution in [3.8, 4) is 6.07 Å². The average Bonchev–Trinajstić information content (AvgIpc) is 2.86. The molecule has 0 aliphatic carbocycles. The van der Waals surface area contributed by atoms with Gasteiger partial charge < -0.3 is 10.2 Å². The Morgan fingerprint density at radius 2 is 2.24 bits per heavy atom. The van der Waals surface area contributed by atoms with Gasteiger partial charge in [-0.15, -0.1) is 0 Å². The average molecular weight is 287 g/mol. The first-order valence-corrected chi connectivity index (χ1v) is 6.59. The zero-order valence-corrected chi connectivity index (χ0v) is 12.3. The molecule has 1 atom stereocenters. The Balaban J connectivity index is 2.11. The summed E-state index contributed by atoms with van der Waals surface area (Å²) in [6.45, 7) is 0.543. The second-order valence-electron chi connectivity index (χ2n) is 5.11. The largest absolute Gasteiger partial charge is 0.381 e. The SMILES string of the molecule is CN(C)C(CNc1ccc(C#N)cc1F)c1cnn(C)c1. The van der Waals surface area contributed by atoms with Crippen molar-refractivity contribution < 1.29 is 4.39 Å². The number of benzene rings is 1. The van der Waals surface area contributed by atoms with Gasteiger partial charge >= 0.3 is 0 Å². The summed E-state index contributed by atoms with van der Waals surface area (Å²) in [6, 6.07) is 6.41. The molecule has 2 aromatic rings. The Morgan fingerprint density at radius 1 is 1.48 bits per heavy atom. The zero-order chi connectivity index (χ0) is 15.4. The zero-order valence-electron chi connectivity index (χ0n) is 12.3. The fraction of sp³-hybridized carbons (Fsp3) is 0.333. The van der Waals surface area contributed by atoms with Crippen molar-refractivity contribution in [2.75, 3.05) is 26.0 Å². The number of aromatic nitrogens is 2. The Hall–Kier alpha value is -2.39. The predicted molar refractivity (Wildman–Crippen MR) is 79.2 cm³/mol. The second-order valence-corrected chi connectivity index (χ2v) is 5.11. The van der Waals surface area contributed by atoms with Gasteiger partial charge in [0.15, 0.2) is 0 Å². The van der Waals surface area contributed by atoms with E-state index in [1.807, 2.05) is 44.5 Å². The quantitative estimate of drug-likeness (QED) is 0.915. The van der Waals surface area contributed by atoms with Crippen LogP contribution >= 0.6 is 0 Å². The van der Waals surface area contributed by atoms with Gasteiger partial charge in [0.2, 0.25) is 0 Å². The molecule has 1 heterocycles. The third-order valence-electron chi connectivity index (χ3n) is 3.32. The Bertz CT molecular complexity index is 656. The van der Waals surface area contributed by atoms with Gasteiger partial charge in [-0.25, -0.2) is 4.39 Å². The minimum Gasteiger partial charge on any atom is -0.381 e. The summed E-state index contributed by atoms with van der Waals surface area (Å²) in [7, 11) is 5.80. The third-order valence-corrected chi connectivity index (χ3v) is 3.32. The minimum atomic E-state index is -0.419. The summed E-state index contributed by atoms with van der Waals surface area (Å²) in [5.74, 6) is -0.419. The number of aryl methyl sites for hydroxylation is 1. The Kier molecular flexibility index (Phi) is 4.55. The lowest BCUT2D eigenvalue weighted by Gasteiger charge is -2.24. The topological polar surface area (TPSA) is 56.9 Å². The minimum absolute atomic E-state index is 0.0775. The van der Waals surface area contributed by atoms with E-state index in [2.05, 4.69) is 10.4 Å². The molecular formula is C15H18FN5. The predicted octanol–water partition coefficient (Wildman–Crippen LogP) is 2.15. The van der Waals surface area contributed by atoms with Crippen LogP contribution < -0.4 is 5.32 Å². The summed E-state index contributed by atoms with van der Waals surface area (Å²) in [4.78, 5) is 2.05. The molecule has 1 aromatic carbocycles. The van der Waals surface area contributed by atoms with Crippen LogP contribution in [-0.4, -0.2) is 35.3 Å². The first-order valence-electron chi connectivity index (χ1n) is 6.59. The molecule has 0 bridgehead atoms. The van der Waals surface area contributed by atoms with Crippen LogP contribution in [0.1, 0.15) is 17.2 Å². The fourth-order valence-electron chi connectivity index (χ4n) is 2.15. The smallest absolute Gasteiger partial charge is 0.147 e. The maximum Gasteiger partial charge on any atom is 0.147 e. The van der Waals surface area contributed by atoms with Crippen molar-refractivity contribution in [3.05, 3.63) is 47.5 Å². The lowest BCUT2D eigenvalue weighted by atomic mass is 10.1. The lowest BCUT2D eigenvalue weighted by molar-refractivity contribution is 0.311. The van der Waals surface area contributed by atoms with Crippen molar-refractivity contribution in [3.63, 3.8) is 0 Å². The molecule has 1 aromatic heterocycles. The van der Waals surface area contributed by atoms with Crippen LogP contribution in [0.2, 0.25) is 0 Å². The van der Waals surface area contributed by atoms with Gasteiger partial charge in [0.25, 0.3) is 0 Å². The van der Waals surface area contributed by atoms with E-state index in [1.165, 1.54) is 6.07 Å². The van der Waals surface area contributed by atoms with Crippen LogP contribution in [0.5, 0.6) is 0 Å². The van der Waals surface area contributed by atoms with Gasteiger partial charge in [0, 0.05) is 25.4 Å². The van der Waals surface area contributed by atoms with Crippen LogP contribution in [0.15, 0.2) is 30.6 Å². The number of rotatable bonds is 5. The highest BCUT2D eigenvalue weighted by atomic mass is 19.1. The molecule has 110 valence electrons. The van der Waals surface area contributed by atoms with Crippen LogP contribution in [0.3, 0.4) is 0 Å². The molecule has 0 aliphatic heterocycles. The Labute approximate surface area is 123 Å². The number of nitriles is 1. The van der Waals surface area contributed by atoms with Gasteiger partial charge in [-0.3, -0.25) is 4.68 Å². The van der Waals surface area contributed by atoms with E-state index in [0.29, 0.717) is 17.8 Å². The molecule has 0 fully saturated rings. The number of anilines is 1. The fourth-order valence-corrected chi connectivity index (χ4v) is 2.15. The maximum atomic E-state index is 13.9. The van der Waals surface area contributed by atoms with Crippen LogP contribution in [-0.2, 0) is 7.05 Å². The normalized spacial score (nSPS) is 12.2. The number of halogens is 1. The monoisotopic (exact) mass is 287 g/mol. The molecule has 0 amide bonds. The van der Waals surface area contributed by atoms with Gasteiger partial charge in [0.1, 0.15) is 5.82 Å².